The van der Waals surface area contributed by atoms with Gasteiger partial charge in [-0.25, -0.2) is 4.40 Å². The minimum Gasteiger partial charge on any atom is -0.380 e. The highest BCUT2D eigenvalue weighted by molar-refractivity contribution is 7.98. The van der Waals surface area contributed by atoms with Crippen LogP contribution in [0.4, 0.5) is 0 Å². The lowest BCUT2D eigenvalue weighted by Gasteiger charge is -2.38. The van der Waals surface area contributed by atoms with Crippen LogP contribution in [0.25, 0.3) is 0 Å². The van der Waals surface area contributed by atoms with Crippen molar-refractivity contribution in [2.75, 3.05) is 7.11 Å². The molecule has 2 unspecified atom stereocenters. The van der Waals surface area contributed by atoms with Gasteiger partial charge in [0.25, 0.3) is 0 Å². The molecule has 2 rings (SSSR count). The van der Waals surface area contributed by atoms with Gasteiger partial charge in [0.2, 0.25) is 0 Å². The molecule has 2 fully saturated rings. The molecule has 0 N–H and O–H groups in total. The molecule has 4 atom stereocenters. The lowest BCUT2D eigenvalue weighted by Crippen LogP contribution is -2.40. The summed E-state index contributed by atoms with van der Waals surface area (Å²) in [6.45, 7) is 14.0. The first-order valence-corrected chi connectivity index (χ1v) is 8.79. The van der Waals surface area contributed by atoms with Gasteiger partial charge in [-0.1, -0.05) is 34.6 Å². The van der Waals surface area contributed by atoms with Crippen LogP contribution in [0.3, 0.4) is 0 Å². The first kappa shape index (κ1) is 16.4. The van der Waals surface area contributed by atoms with E-state index in [1.165, 1.54) is 18.6 Å². The van der Waals surface area contributed by atoms with Gasteiger partial charge in [-0.15, -0.1) is 0 Å². The third-order valence-electron chi connectivity index (χ3n) is 5.98. The van der Waals surface area contributed by atoms with E-state index in [4.69, 9.17) is 9.13 Å². The molecule has 0 spiro atoms. The number of nitrogens with zero attached hydrogens (tertiary/aromatic N) is 1. The number of ether oxygens (including phenoxy) is 1. The third kappa shape index (κ3) is 2.45. The second kappa shape index (κ2) is 5.64. The van der Waals surface area contributed by atoms with E-state index in [1.807, 2.05) is 7.11 Å². The maximum atomic E-state index is 5.92. The maximum Gasteiger partial charge on any atom is 0.0769 e. The molecule has 0 heterocycles. The Morgan fingerprint density at radius 2 is 2.00 bits per heavy atom. The van der Waals surface area contributed by atoms with Crippen molar-refractivity contribution < 1.29 is 4.74 Å². The van der Waals surface area contributed by atoms with Crippen LogP contribution in [-0.2, 0) is 4.74 Å². The summed E-state index contributed by atoms with van der Waals surface area (Å²) in [6, 6.07) is 0. The van der Waals surface area contributed by atoms with Crippen LogP contribution < -0.4 is 0 Å². The molecule has 0 aliphatic heterocycles. The van der Waals surface area contributed by atoms with Crippen LogP contribution in [0, 0.1) is 22.7 Å². The van der Waals surface area contributed by atoms with Gasteiger partial charge in [-0.2, -0.15) is 0 Å². The van der Waals surface area contributed by atoms with Crippen molar-refractivity contribution in [3.8, 4) is 0 Å². The predicted octanol–water partition coefficient (Wildman–Crippen LogP) is 4.98. The number of rotatable bonds is 5. The summed E-state index contributed by atoms with van der Waals surface area (Å²) >= 11 is 1.79. The Kier molecular flexibility index (Phi) is 4.61. The van der Waals surface area contributed by atoms with Crippen LogP contribution in [0.2, 0.25) is 0 Å². The number of hydrogen-bond acceptors (Lipinski definition) is 3. The SMILES string of the molecule is COC1C(S/N=C(\C)CC(C)C)[C@H]2CC[C@]1(C)C2(C)C. The fourth-order valence-electron chi connectivity index (χ4n) is 4.52. The zero-order chi connectivity index (χ0) is 15.1. The van der Waals surface area contributed by atoms with E-state index in [0.717, 1.165) is 12.3 Å². The fraction of sp³-hybridized carbons (Fsp3) is 0.941. The highest BCUT2D eigenvalue weighted by Crippen LogP contribution is 2.68. The molecule has 0 aromatic heterocycles. The molecule has 2 aliphatic carbocycles. The smallest absolute Gasteiger partial charge is 0.0769 e. The topological polar surface area (TPSA) is 21.6 Å². The van der Waals surface area contributed by atoms with Gasteiger partial charge in [0, 0.05) is 18.2 Å². The van der Waals surface area contributed by atoms with Crippen LogP contribution >= 0.6 is 11.9 Å². The zero-order valence-electron chi connectivity index (χ0n) is 14.2. The Morgan fingerprint density at radius 3 is 2.55 bits per heavy atom. The minimum absolute atomic E-state index is 0.311. The molecular weight excluding hydrogens is 266 g/mol. The van der Waals surface area contributed by atoms with Crippen LogP contribution in [0.5, 0.6) is 0 Å². The summed E-state index contributed by atoms with van der Waals surface area (Å²) in [5.41, 5.74) is 1.95. The molecule has 2 nitrogen and oxygen atoms in total. The van der Waals surface area contributed by atoms with E-state index in [-0.39, 0.29) is 0 Å². The number of hydrogen-bond donors (Lipinski definition) is 0. The Balaban J connectivity index is 2.13. The lowest BCUT2D eigenvalue weighted by molar-refractivity contribution is -0.0176. The molecule has 0 saturated heterocycles. The summed E-state index contributed by atoms with van der Waals surface area (Å²) < 4.78 is 10.7. The van der Waals surface area contributed by atoms with Crippen molar-refractivity contribution in [2.45, 2.75) is 72.2 Å². The van der Waals surface area contributed by atoms with E-state index in [0.29, 0.717) is 28.1 Å². The average molecular weight is 298 g/mol. The summed E-state index contributed by atoms with van der Waals surface area (Å²) in [6.07, 6.45) is 4.08. The lowest BCUT2D eigenvalue weighted by atomic mass is 9.70. The molecule has 0 aromatic carbocycles. The van der Waals surface area contributed by atoms with Gasteiger partial charge >= 0.3 is 0 Å². The summed E-state index contributed by atoms with van der Waals surface area (Å²) in [7, 11) is 1.88. The zero-order valence-corrected chi connectivity index (χ0v) is 15.0. The largest absolute Gasteiger partial charge is 0.380 e. The normalized spacial score (nSPS) is 39.8. The Morgan fingerprint density at radius 1 is 1.35 bits per heavy atom. The van der Waals surface area contributed by atoms with Crippen molar-refractivity contribution in [3.05, 3.63) is 0 Å². The van der Waals surface area contributed by atoms with Gasteiger partial charge < -0.3 is 4.74 Å². The molecule has 0 radical (unpaired) electrons. The molecule has 2 saturated carbocycles. The summed E-state index contributed by atoms with van der Waals surface area (Å²) in [4.78, 5) is 0. The summed E-state index contributed by atoms with van der Waals surface area (Å²) in [5, 5.41) is 0.524. The highest BCUT2D eigenvalue weighted by Gasteiger charge is 2.66. The third-order valence-corrected chi connectivity index (χ3v) is 7.22. The Bertz CT molecular complexity index is 390. The first-order chi connectivity index (χ1) is 9.24. The monoisotopic (exact) mass is 297 g/mol. The van der Waals surface area contributed by atoms with Crippen LogP contribution in [-0.4, -0.2) is 24.2 Å². The molecule has 0 aromatic rings. The molecule has 2 bridgehead atoms. The van der Waals surface area contributed by atoms with Gasteiger partial charge in [-0.05, 0) is 55.4 Å². The second-order valence-corrected chi connectivity index (χ2v) is 8.87. The van der Waals surface area contributed by atoms with Crippen molar-refractivity contribution in [1.29, 1.82) is 0 Å². The molecule has 116 valence electrons. The molecule has 2 aliphatic rings. The fourth-order valence-corrected chi connectivity index (χ4v) is 6.04. The van der Waals surface area contributed by atoms with Crippen molar-refractivity contribution >= 4 is 17.7 Å². The Hall–Kier alpha value is -0.0200. The maximum absolute atomic E-state index is 5.92. The molecule has 0 amide bonds. The van der Waals surface area contributed by atoms with E-state index < -0.39 is 0 Å². The van der Waals surface area contributed by atoms with E-state index in [9.17, 15) is 0 Å². The van der Waals surface area contributed by atoms with E-state index in [1.54, 1.807) is 11.9 Å². The van der Waals surface area contributed by atoms with Crippen LogP contribution in [0.15, 0.2) is 4.40 Å². The standard InChI is InChI=1S/C17H31NOS/c1-11(2)10-12(3)18-20-14-13-8-9-17(6,15(14)19-7)16(13,4)5/h11,13-15H,8-10H2,1-7H3/b18-12+/t13-,14?,15?,17+/m1/s1. The van der Waals surface area contributed by atoms with E-state index >= 15 is 0 Å². The van der Waals surface area contributed by atoms with Crippen molar-refractivity contribution in [3.63, 3.8) is 0 Å². The predicted molar refractivity (Wildman–Crippen MR) is 89.4 cm³/mol. The van der Waals surface area contributed by atoms with Crippen molar-refractivity contribution in [2.24, 2.45) is 27.1 Å². The van der Waals surface area contributed by atoms with Gasteiger partial charge in [0.15, 0.2) is 0 Å². The Labute approximate surface area is 129 Å². The second-order valence-electron chi connectivity index (χ2n) is 7.94. The minimum atomic E-state index is 0.311. The number of fused-ring (bicyclic) bond motifs is 2. The van der Waals surface area contributed by atoms with E-state index in [2.05, 4.69) is 41.5 Å². The molecule has 20 heavy (non-hydrogen) atoms. The number of methoxy groups -OCH3 is 1. The first-order valence-electron chi connectivity index (χ1n) is 7.96. The molecular formula is C17H31NOS. The quantitative estimate of drug-likeness (QED) is 0.527. The highest BCUT2D eigenvalue weighted by atomic mass is 32.2. The van der Waals surface area contributed by atoms with Crippen molar-refractivity contribution in [1.82, 2.24) is 0 Å². The average Bonchev–Trinajstić information content (AvgIpc) is 2.65. The van der Waals surface area contributed by atoms with Crippen LogP contribution in [0.1, 0.15) is 60.8 Å². The molecule has 3 heteroatoms. The van der Waals surface area contributed by atoms with Gasteiger partial charge in [0.1, 0.15) is 0 Å². The summed E-state index contributed by atoms with van der Waals surface area (Å²) in [5.74, 6) is 1.42. The van der Waals surface area contributed by atoms with Gasteiger partial charge in [-0.3, -0.25) is 0 Å². The van der Waals surface area contributed by atoms with Gasteiger partial charge in [0.05, 0.1) is 11.4 Å².